The predicted octanol–water partition coefficient (Wildman–Crippen LogP) is 4.12. The summed E-state index contributed by atoms with van der Waals surface area (Å²) in [6.07, 6.45) is 6.89. The minimum Gasteiger partial charge on any atom is -0.327 e. The fourth-order valence-electron chi connectivity index (χ4n) is 3.83. The van der Waals surface area contributed by atoms with Gasteiger partial charge in [-0.2, -0.15) is 0 Å². The number of nitrogens with one attached hydrogen (secondary N) is 1. The molecule has 3 rings (SSSR count). The zero-order chi connectivity index (χ0) is 14.7. The standard InChI is InChI=1S/C18H27N3/c1-3-18(11-7-8-12-18)14-19-13-17-20-15-9-5-6-10-16(15)21(17)4-2/h5-6,9-10,19H,3-4,7-8,11-14H2,1-2H3. The van der Waals surface area contributed by atoms with E-state index >= 15 is 0 Å². The summed E-state index contributed by atoms with van der Waals surface area (Å²) in [6, 6.07) is 8.43. The number of para-hydroxylation sites is 2. The van der Waals surface area contributed by atoms with Crippen LogP contribution < -0.4 is 5.32 Å². The van der Waals surface area contributed by atoms with Crippen molar-refractivity contribution in [3.8, 4) is 0 Å². The highest BCUT2D eigenvalue weighted by Gasteiger charge is 2.31. The lowest BCUT2D eigenvalue weighted by atomic mass is 9.83. The third-order valence-corrected chi connectivity index (χ3v) is 5.25. The number of fused-ring (bicyclic) bond motifs is 1. The number of imidazole rings is 1. The Balaban J connectivity index is 1.70. The molecule has 1 aliphatic rings. The molecule has 3 heteroatoms. The Morgan fingerprint density at radius 3 is 2.67 bits per heavy atom. The van der Waals surface area contributed by atoms with Crippen molar-refractivity contribution in [3.05, 3.63) is 30.1 Å². The molecule has 3 nitrogen and oxygen atoms in total. The van der Waals surface area contributed by atoms with E-state index in [0.29, 0.717) is 5.41 Å². The minimum atomic E-state index is 0.545. The molecule has 1 aliphatic carbocycles. The quantitative estimate of drug-likeness (QED) is 0.865. The van der Waals surface area contributed by atoms with Crippen LogP contribution >= 0.6 is 0 Å². The van der Waals surface area contributed by atoms with E-state index in [0.717, 1.165) is 25.2 Å². The monoisotopic (exact) mass is 285 g/mol. The van der Waals surface area contributed by atoms with Gasteiger partial charge in [-0.25, -0.2) is 4.98 Å². The Labute approximate surface area is 127 Å². The second-order valence-electron chi connectivity index (χ2n) is 6.43. The van der Waals surface area contributed by atoms with Crippen LogP contribution in [0.25, 0.3) is 11.0 Å². The first-order valence-electron chi connectivity index (χ1n) is 8.43. The second-order valence-corrected chi connectivity index (χ2v) is 6.43. The first-order chi connectivity index (χ1) is 10.3. The van der Waals surface area contributed by atoms with E-state index in [4.69, 9.17) is 4.98 Å². The van der Waals surface area contributed by atoms with Crippen molar-refractivity contribution >= 4 is 11.0 Å². The van der Waals surface area contributed by atoms with E-state index in [1.807, 2.05) is 0 Å². The molecule has 0 atom stereocenters. The van der Waals surface area contributed by atoms with Gasteiger partial charge in [0.25, 0.3) is 0 Å². The van der Waals surface area contributed by atoms with Crippen LogP contribution in [0.15, 0.2) is 24.3 Å². The fraction of sp³-hybridized carbons (Fsp3) is 0.611. The van der Waals surface area contributed by atoms with Crippen molar-refractivity contribution in [3.63, 3.8) is 0 Å². The van der Waals surface area contributed by atoms with Crippen molar-refractivity contribution in [2.45, 2.75) is 59.0 Å². The maximum Gasteiger partial charge on any atom is 0.123 e. The molecular formula is C18H27N3. The van der Waals surface area contributed by atoms with Gasteiger partial charge in [0, 0.05) is 13.1 Å². The van der Waals surface area contributed by atoms with E-state index in [-0.39, 0.29) is 0 Å². The summed E-state index contributed by atoms with van der Waals surface area (Å²) in [5, 5.41) is 3.69. The highest BCUT2D eigenvalue weighted by molar-refractivity contribution is 5.75. The summed E-state index contributed by atoms with van der Waals surface area (Å²) in [6.45, 7) is 7.54. The Morgan fingerprint density at radius 1 is 1.19 bits per heavy atom. The van der Waals surface area contributed by atoms with Crippen LogP contribution in [-0.4, -0.2) is 16.1 Å². The van der Waals surface area contributed by atoms with Gasteiger partial charge in [0.15, 0.2) is 0 Å². The Bertz CT molecular complexity index is 594. The maximum absolute atomic E-state index is 4.80. The first kappa shape index (κ1) is 14.6. The maximum atomic E-state index is 4.80. The molecule has 0 spiro atoms. The van der Waals surface area contributed by atoms with Gasteiger partial charge in [-0.15, -0.1) is 0 Å². The van der Waals surface area contributed by atoms with E-state index < -0.39 is 0 Å². The van der Waals surface area contributed by atoms with E-state index in [2.05, 4.69) is 48.0 Å². The van der Waals surface area contributed by atoms with Crippen molar-refractivity contribution in [1.82, 2.24) is 14.9 Å². The van der Waals surface area contributed by atoms with Crippen LogP contribution in [0.2, 0.25) is 0 Å². The molecule has 2 aromatic rings. The summed E-state index contributed by atoms with van der Waals surface area (Å²) >= 11 is 0. The lowest BCUT2D eigenvalue weighted by Crippen LogP contribution is -2.32. The van der Waals surface area contributed by atoms with E-state index in [1.54, 1.807) is 0 Å². The van der Waals surface area contributed by atoms with Crippen molar-refractivity contribution < 1.29 is 0 Å². The van der Waals surface area contributed by atoms with Gasteiger partial charge >= 0.3 is 0 Å². The average Bonchev–Trinajstić information content (AvgIpc) is 3.12. The molecule has 1 aromatic heterocycles. The Kier molecular flexibility index (Phi) is 4.29. The molecule has 0 saturated heterocycles. The molecule has 0 aliphatic heterocycles. The Morgan fingerprint density at radius 2 is 1.95 bits per heavy atom. The van der Waals surface area contributed by atoms with Gasteiger partial charge in [-0.1, -0.05) is 31.9 Å². The largest absolute Gasteiger partial charge is 0.327 e. The number of rotatable bonds is 6. The molecule has 1 saturated carbocycles. The summed E-state index contributed by atoms with van der Waals surface area (Å²) in [5.41, 5.74) is 2.91. The van der Waals surface area contributed by atoms with Gasteiger partial charge in [0.2, 0.25) is 0 Å². The summed E-state index contributed by atoms with van der Waals surface area (Å²) in [7, 11) is 0. The normalized spacial score (nSPS) is 17.6. The van der Waals surface area contributed by atoms with Crippen LogP contribution in [0.5, 0.6) is 0 Å². The number of aryl methyl sites for hydroxylation is 1. The highest BCUT2D eigenvalue weighted by atomic mass is 15.1. The molecule has 114 valence electrons. The molecular weight excluding hydrogens is 258 g/mol. The van der Waals surface area contributed by atoms with Crippen molar-refractivity contribution in [2.24, 2.45) is 5.41 Å². The third kappa shape index (κ3) is 2.84. The van der Waals surface area contributed by atoms with Gasteiger partial charge in [0.05, 0.1) is 17.6 Å². The van der Waals surface area contributed by atoms with Crippen LogP contribution in [0.3, 0.4) is 0 Å². The molecule has 1 N–H and O–H groups in total. The summed E-state index contributed by atoms with van der Waals surface area (Å²) in [4.78, 5) is 4.80. The predicted molar refractivity (Wildman–Crippen MR) is 88.3 cm³/mol. The van der Waals surface area contributed by atoms with Crippen LogP contribution in [0, 0.1) is 5.41 Å². The zero-order valence-electron chi connectivity index (χ0n) is 13.4. The SMILES string of the molecule is CCn1c(CNCC2(CC)CCCC2)nc2ccccc21. The van der Waals surface area contributed by atoms with E-state index in [1.165, 1.54) is 43.4 Å². The molecule has 1 fully saturated rings. The summed E-state index contributed by atoms with van der Waals surface area (Å²) in [5.74, 6) is 1.17. The smallest absolute Gasteiger partial charge is 0.123 e. The Hall–Kier alpha value is -1.35. The average molecular weight is 285 g/mol. The van der Waals surface area contributed by atoms with Gasteiger partial charge in [-0.3, -0.25) is 0 Å². The number of aromatic nitrogens is 2. The van der Waals surface area contributed by atoms with Crippen molar-refractivity contribution in [1.29, 1.82) is 0 Å². The van der Waals surface area contributed by atoms with Gasteiger partial charge < -0.3 is 9.88 Å². The second kappa shape index (κ2) is 6.18. The fourth-order valence-corrected chi connectivity index (χ4v) is 3.83. The zero-order valence-corrected chi connectivity index (χ0v) is 13.4. The number of hydrogen-bond acceptors (Lipinski definition) is 2. The lowest BCUT2D eigenvalue weighted by Gasteiger charge is -2.27. The molecule has 0 bridgehead atoms. The number of hydrogen-bond donors (Lipinski definition) is 1. The highest BCUT2D eigenvalue weighted by Crippen LogP contribution is 2.40. The van der Waals surface area contributed by atoms with Crippen LogP contribution in [0.4, 0.5) is 0 Å². The topological polar surface area (TPSA) is 29.9 Å². The lowest BCUT2D eigenvalue weighted by molar-refractivity contribution is 0.267. The number of benzene rings is 1. The van der Waals surface area contributed by atoms with Crippen molar-refractivity contribution in [2.75, 3.05) is 6.54 Å². The van der Waals surface area contributed by atoms with Gasteiger partial charge in [-0.05, 0) is 43.7 Å². The van der Waals surface area contributed by atoms with Crippen LogP contribution in [-0.2, 0) is 13.1 Å². The molecule has 0 radical (unpaired) electrons. The van der Waals surface area contributed by atoms with Crippen LogP contribution in [0.1, 0.15) is 51.8 Å². The molecule has 1 aromatic carbocycles. The number of nitrogens with zero attached hydrogens (tertiary/aromatic N) is 2. The molecule has 0 amide bonds. The first-order valence-corrected chi connectivity index (χ1v) is 8.43. The summed E-state index contributed by atoms with van der Waals surface area (Å²) < 4.78 is 2.33. The minimum absolute atomic E-state index is 0.545. The van der Waals surface area contributed by atoms with E-state index in [9.17, 15) is 0 Å². The molecule has 21 heavy (non-hydrogen) atoms. The van der Waals surface area contributed by atoms with Gasteiger partial charge in [0.1, 0.15) is 5.82 Å². The molecule has 1 heterocycles. The third-order valence-electron chi connectivity index (χ3n) is 5.25. The molecule has 0 unspecified atom stereocenters.